The Morgan fingerprint density at radius 2 is 1.78 bits per heavy atom. The molecule has 3 heteroatoms. The van der Waals surface area contributed by atoms with Crippen LogP contribution in [0.4, 0.5) is 0 Å². The number of likely N-dealkylation sites (tertiary alicyclic amines) is 1. The lowest BCUT2D eigenvalue weighted by Crippen LogP contribution is -2.43. The molecule has 1 aliphatic rings. The van der Waals surface area contributed by atoms with Crippen LogP contribution in [0.15, 0.2) is 30.3 Å². The number of nitrogens with zero attached hydrogens (tertiary/aromatic N) is 1. The molecule has 0 bridgehead atoms. The van der Waals surface area contributed by atoms with Crippen molar-refractivity contribution in [2.75, 3.05) is 19.7 Å². The van der Waals surface area contributed by atoms with Crippen LogP contribution in [0.2, 0.25) is 18.1 Å². The summed E-state index contributed by atoms with van der Waals surface area (Å²) in [7, 11) is -1.65. The third kappa shape index (κ3) is 4.68. The molecule has 0 N–H and O–H groups in total. The average molecular weight is 334 g/mol. The van der Waals surface area contributed by atoms with E-state index in [1.807, 2.05) is 0 Å². The maximum absolute atomic E-state index is 6.52. The standard InChI is InChI=1S/C20H35NOSi/c1-19(2,3)23(6,7)22-15-18-14-21(16-20(18,4)5)13-17-11-9-8-10-12-17/h8-12,18H,13-16H2,1-7H3. The molecule has 2 rings (SSSR count). The summed E-state index contributed by atoms with van der Waals surface area (Å²) in [5.41, 5.74) is 1.74. The lowest BCUT2D eigenvalue weighted by atomic mass is 9.83. The molecule has 1 atom stereocenters. The molecule has 1 saturated heterocycles. The van der Waals surface area contributed by atoms with Gasteiger partial charge in [-0.15, -0.1) is 0 Å². The van der Waals surface area contributed by atoms with E-state index in [1.165, 1.54) is 5.56 Å². The normalized spacial score (nSPS) is 22.5. The van der Waals surface area contributed by atoms with E-state index in [4.69, 9.17) is 4.43 Å². The summed E-state index contributed by atoms with van der Waals surface area (Å²) in [6, 6.07) is 10.8. The van der Waals surface area contributed by atoms with Crippen LogP contribution in [0.25, 0.3) is 0 Å². The molecule has 1 aromatic rings. The van der Waals surface area contributed by atoms with Crippen molar-refractivity contribution < 1.29 is 4.43 Å². The number of rotatable bonds is 5. The van der Waals surface area contributed by atoms with Crippen LogP contribution >= 0.6 is 0 Å². The topological polar surface area (TPSA) is 12.5 Å². The van der Waals surface area contributed by atoms with Crippen LogP contribution in [0.3, 0.4) is 0 Å². The maximum atomic E-state index is 6.52. The first kappa shape index (κ1) is 18.7. The minimum Gasteiger partial charge on any atom is -0.416 e. The summed E-state index contributed by atoms with van der Waals surface area (Å²) in [6.07, 6.45) is 0. The van der Waals surface area contributed by atoms with Crippen molar-refractivity contribution in [3.8, 4) is 0 Å². The molecule has 0 radical (unpaired) electrons. The highest BCUT2D eigenvalue weighted by Gasteiger charge is 2.42. The van der Waals surface area contributed by atoms with Gasteiger partial charge in [0.15, 0.2) is 8.32 Å². The molecule has 0 saturated carbocycles. The zero-order valence-electron chi connectivity index (χ0n) is 16.1. The van der Waals surface area contributed by atoms with Gasteiger partial charge < -0.3 is 4.43 Å². The van der Waals surface area contributed by atoms with Crippen LogP contribution in [0.1, 0.15) is 40.2 Å². The molecular formula is C20H35NOSi. The summed E-state index contributed by atoms with van der Waals surface area (Å²) >= 11 is 0. The molecule has 0 aromatic heterocycles. The maximum Gasteiger partial charge on any atom is 0.191 e. The van der Waals surface area contributed by atoms with Crippen LogP contribution in [0.5, 0.6) is 0 Å². The van der Waals surface area contributed by atoms with Crippen molar-refractivity contribution in [2.45, 2.75) is 59.3 Å². The minimum absolute atomic E-state index is 0.291. The summed E-state index contributed by atoms with van der Waals surface area (Å²) in [5.74, 6) is 0.625. The monoisotopic (exact) mass is 333 g/mol. The largest absolute Gasteiger partial charge is 0.416 e. The predicted octanol–water partition coefficient (Wildman–Crippen LogP) is 5.17. The van der Waals surface area contributed by atoms with Crippen LogP contribution in [-0.2, 0) is 11.0 Å². The molecule has 0 spiro atoms. The Hall–Kier alpha value is -0.643. The van der Waals surface area contributed by atoms with E-state index >= 15 is 0 Å². The van der Waals surface area contributed by atoms with Gasteiger partial charge in [0.25, 0.3) is 0 Å². The second-order valence-corrected chi connectivity index (χ2v) is 14.2. The molecular weight excluding hydrogens is 298 g/mol. The second kappa shape index (κ2) is 6.70. The van der Waals surface area contributed by atoms with E-state index in [2.05, 4.69) is 82.9 Å². The first-order chi connectivity index (χ1) is 10.5. The molecule has 1 heterocycles. The quantitative estimate of drug-likeness (QED) is 0.690. The van der Waals surface area contributed by atoms with Crippen molar-refractivity contribution >= 4 is 8.32 Å². The van der Waals surface area contributed by atoms with Crippen molar-refractivity contribution in [2.24, 2.45) is 11.3 Å². The highest BCUT2D eigenvalue weighted by Crippen LogP contribution is 2.40. The van der Waals surface area contributed by atoms with Crippen molar-refractivity contribution in [1.29, 1.82) is 0 Å². The Labute approximate surface area is 144 Å². The number of benzene rings is 1. The van der Waals surface area contributed by atoms with Crippen LogP contribution in [0, 0.1) is 11.3 Å². The van der Waals surface area contributed by atoms with E-state index < -0.39 is 8.32 Å². The lowest BCUT2D eigenvalue weighted by Gasteiger charge is -2.38. The molecule has 0 amide bonds. The predicted molar refractivity (Wildman–Crippen MR) is 102 cm³/mol. The molecule has 1 aliphatic heterocycles. The van der Waals surface area contributed by atoms with E-state index in [0.29, 0.717) is 16.4 Å². The van der Waals surface area contributed by atoms with E-state index in [-0.39, 0.29) is 0 Å². The molecule has 0 aliphatic carbocycles. The summed E-state index contributed by atoms with van der Waals surface area (Å²) in [4.78, 5) is 2.59. The van der Waals surface area contributed by atoms with E-state index in [0.717, 1.165) is 26.2 Å². The Bertz CT molecular complexity index is 504. The third-order valence-corrected chi connectivity index (χ3v) is 10.4. The first-order valence-corrected chi connectivity index (χ1v) is 11.8. The Balaban J connectivity index is 1.95. The van der Waals surface area contributed by atoms with Crippen LogP contribution in [-0.4, -0.2) is 32.9 Å². The van der Waals surface area contributed by atoms with Gasteiger partial charge in [-0.1, -0.05) is 65.0 Å². The molecule has 1 fully saturated rings. The first-order valence-electron chi connectivity index (χ1n) is 8.91. The highest BCUT2D eigenvalue weighted by atomic mass is 28.4. The minimum atomic E-state index is -1.65. The number of hydrogen-bond acceptors (Lipinski definition) is 2. The van der Waals surface area contributed by atoms with E-state index in [9.17, 15) is 0 Å². The van der Waals surface area contributed by atoms with Gasteiger partial charge in [-0.05, 0) is 29.1 Å². The van der Waals surface area contributed by atoms with Gasteiger partial charge in [0.05, 0.1) is 0 Å². The van der Waals surface area contributed by atoms with Gasteiger partial charge >= 0.3 is 0 Å². The average Bonchev–Trinajstić information content (AvgIpc) is 2.70. The Morgan fingerprint density at radius 3 is 2.35 bits per heavy atom. The van der Waals surface area contributed by atoms with Gasteiger partial charge in [0.1, 0.15) is 0 Å². The SMILES string of the molecule is CC1(C)CN(Cc2ccccc2)CC1CO[Si](C)(C)C(C)(C)C. The van der Waals surface area contributed by atoms with Crippen molar-refractivity contribution in [3.63, 3.8) is 0 Å². The third-order valence-electron chi connectivity index (χ3n) is 5.92. The van der Waals surface area contributed by atoms with Crippen molar-refractivity contribution in [1.82, 2.24) is 4.90 Å². The molecule has 1 unspecified atom stereocenters. The van der Waals surface area contributed by atoms with Gasteiger partial charge in [0, 0.05) is 32.2 Å². The Kier molecular flexibility index (Phi) is 5.44. The summed E-state index contributed by atoms with van der Waals surface area (Å²) in [6.45, 7) is 20.8. The molecule has 130 valence electrons. The fourth-order valence-electron chi connectivity index (χ4n) is 3.09. The fraction of sp³-hybridized carbons (Fsp3) is 0.700. The zero-order chi connectivity index (χ0) is 17.3. The van der Waals surface area contributed by atoms with E-state index in [1.54, 1.807) is 0 Å². The van der Waals surface area contributed by atoms with Gasteiger partial charge in [-0.3, -0.25) is 4.90 Å². The Morgan fingerprint density at radius 1 is 1.17 bits per heavy atom. The van der Waals surface area contributed by atoms with Crippen LogP contribution < -0.4 is 0 Å². The highest BCUT2D eigenvalue weighted by molar-refractivity contribution is 6.74. The van der Waals surface area contributed by atoms with Gasteiger partial charge in [-0.25, -0.2) is 0 Å². The summed E-state index contributed by atoms with van der Waals surface area (Å²) < 4.78 is 6.52. The molecule has 23 heavy (non-hydrogen) atoms. The van der Waals surface area contributed by atoms with Gasteiger partial charge in [0.2, 0.25) is 0 Å². The summed E-state index contributed by atoms with van der Waals surface area (Å²) in [5, 5.41) is 0.291. The molecule has 1 aromatic carbocycles. The van der Waals surface area contributed by atoms with Gasteiger partial charge in [-0.2, -0.15) is 0 Å². The second-order valence-electron chi connectivity index (χ2n) is 9.41. The zero-order valence-corrected chi connectivity index (χ0v) is 17.1. The lowest BCUT2D eigenvalue weighted by molar-refractivity contribution is 0.165. The number of hydrogen-bond donors (Lipinski definition) is 0. The smallest absolute Gasteiger partial charge is 0.191 e. The molecule has 2 nitrogen and oxygen atoms in total. The fourth-order valence-corrected chi connectivity index (χ4v) is 4.15. The van der Waals surface area contributed by atoms with Crippen molar-refractivity contribution in [3.05, 3.63) is 35.9 Å².